The summed E-state index contributed by atoms with van der Waals surface area (Å²) in [6, 6.07) is 0. The van der Waals surface area contributed by atoms with Gasteiger partial charge in [-0.15, -0.1) is 0 Å². The molecule has 0 aromatic carbocycles. The van der Waals surface area contributed by atoms with Gasteiger partial charge >= 0.3 is 5.69 Å². The van der Waals surface area contributed by atoms with E-state index in [1.165, 1.54) is 13.3 Å². The van der Waals surface area contributed by atoms with Gasteiger partial charge in [0.25, 0.3) is 0 Å². The molecule has 96 valence electrons. The zero-order chi connectivity index (χ0) is 13.3. The number of nitrogens with one attached hydrogen (secondary N) is 1. The first-order valence-corrected chi connectivity index (χ1v) is 5.01. The van der Waals surface area contributed by atoms with Crippen molar-refractivity contribution in [3.05, 3.63) is 22.1 Å². The molecule has 0 radical (unpaired) electrons. The summed E-state index contributed by atoms with van der Waals surface area (Å²) in [7, 11) is 1.41. The van der Waals surface area contributed by atoms with Crippen LogP contribution in [0.2, 0.25) is 0 Å². The lowest BCUT2D eigenvalue weighted by Crippen LogP contribution is -2.10. The molecule has 0 saturated heterocycles. The Hall–Kier alpha value is -2.26. The van der Waals surface area contributed by atoms with E-state index in [9.17, 15) is 10.1 Å². The fraction of sp³-hybridized carbons (Fsp3) is 0.333. The van der Waals surface area contributed by atoms with Crippen LogP contribution in [0.15, 0.2) is 6.20 Å². The highest BCUT2D eigenvalue weighted by Gasteiger charge is 2.22. The third-order valence-electron chi connectivity index (χ3n) is 2.45. The number of rotatable bonds is 4. The standard InChI is InChI=1S/C9H11N5O4/c1-4(18-10)8-12-6-5(14(15)16)3-11-7(6)9(13-8)17-2/h3-4,11H,10H2,1-2H3. The smallest absolute Gasteiger partial charge is 0.313 e. The van der Waals surface area contributed by atoms with E-state index in [-0.39, 0.29) is 22.9 Å². The first-order chi connectivity index (χ1) is 8.58. The van der Waals surface area contributed by atoms with E-state index in [0.29, 0.717) is 5.52 Å². The Bertz CT molecular complexity index is 596. The molecular weight excluding hydrogens is 242 g/mol. The molecule has 9 heteroatoms. The summed E-state index contributed by atoms with van der Waals surface area (Å²) in [5.74, 6) is 5.46. The summed E-state index contributed by atoms with van der Waals surface area (Å²) in [6.07, 6.45) is 0.636. The first-order valence-electron chi connectivity index (χ1n) is 5.01. The molecular formula is C9H11N5O4. The zero-order valence-corrected chi connectivity index (χ0v) is 9.71. The van der Waals surface area contributed by atoms with E-state index in [1.54, 1.807) is 6.92 Å². The second-order valence-electron chi connectivity index (χ2n) is 3.52. The van der Waals surface area contributed by atoms with Crippen LogP contribution in [-0.4, -0.2) is 27.0 Å². The average Bonchev–Trinajstić information content (AvgIpc) is 2.80. The zero-order valence-electron chi connectivity index (χ0n) is 9.71. The van der Waals surface area contributed by atoms with Crippen LogP contribution in [0.1, 0.15) is 18.9 Å². The van der Waals surface area contributed by atoms with Gasteiger partial charge in [0.1, 0.15) is 11.6 Å². The second kappa shape index (κ2) is 4.55. The minimum absolute atomic E-state index is 0.156. The van der Waals surface area contributed by atoms with Gasteiger partial charge in [-0.2, -0.15) is 4.98 Å². The van der Waals surface area contributed by atoms with Crippen molar-refractivity contribution in [1.82, 2.24) is 15.0 Å². The molecule has 1 unspecified atom stereocenters. The summed E-state index contributed by atoms with van der Waals surface area (Å²) in [4.78, 5) is 25.8. The molecule has 0 aliphatic heterocycles. The summed E-state index contributed by atoms with van der Waals surface area (Å²) >= 11 is 0. The molecule has 2 heterocycles. The Kier molecular flexibility index (Phi) is 3.08. The number of nitro groups is 1. The molecule has 0 bridgehead atoms. The van der Waals surface area contributed by atoms with Gasteiger partial charge in [-0.25, -0.2) is 10.9 Å². The minimum Gasteiger partial charge on any atom is -0.479 e. The Balaban J connectivity index is 2.70. The van der Waals surface area contributed by atoms with Gasteiger partial charge in [-0.3, -0.25) is 15.0 Å². The molecule has 0 saturated carbocycles. The van der Waals surface area contributed by atoms with Crippen LogP contribution in [0, 0.1) is 10.1 Å². The average molecular weight is 253 g/mol. The molecule has 0 fully saturated rings. The number of aromatic nitrogens is 3. The number of nitrogens with two attached hydrogens (primary N) is 1. The Morgan fingerprint density at radius 3 is 2.83 bits per heavy atom. The number of fused-ring (bicyclic) bond motifs is 1. The van der Waals surface area contributed by atoms with Crippen molar-refractivity contribution in [2.45, 2.75) is 13.0 Å². The molecule has 3 N–H and O–H groups in total. The normalized spacial score (nSPS) is 12.6. The highest BCUT2D eigenvalue weighted by molar-refractivity contribution is 5.88. The van der Waals surface area contributed by atoms with Crippen molar-refractivity contribution in [2.24, 2.45) is 5.90 Å². The number of hydrogen-bond donors (Lipinski definition) is 2. The quantitative estimate of drug-likeness (QED) is 0.609. The highest BCUT2D eigenvalue weighted by Crippen LogP contribution is 2.30. The lowest BCUT2D eigenvalue weighted by molar-refractivity contribution is -0.383. The number of ether oxygens (including phenoxy) is 1. The SMILES string of the molecule is COc1nc(C(C)ON)nc2c([N+](=O)[O-])c[nH]c12. The van der Waals surface area contributed by atoms with Gasteiger partial charge in [-0.1, -0.05) is 0 Å². The van der Waals surface area contributed by atoms with Crippen LogP contribution in [0.5, 0.6) is 5.88 Å². The first kappa shape index (κ1) is 12.2. The Morgan fingerprint density at radius 2 is 2.28 bits per heavy atom. The van der Waals surface area contributed by atoms with E-state index >= 15 is 0 Å². The van der Waals surface area contributed by atoms with Crippen molar-refractivity contribution in [2.75, 3.05) is 7.11 Å². The van der Waals surface area contributed by atoms with E-state index in [1.807, 2.05) is 0 Å². The molecule has 0 aliphatic rings. The number of H-pyrrole nitrogens is 1. The Labute approximate surface area is 101 Å². The van der Waals surface area contributed by atoms with E-state index < -0.39 is 11.0 Å². The summed E-state index contributed by atoms with van der Waals surface area (Å²) in [6.45, 7) is 1.62. The van der Waals surface area contributed by atoms with Crippen molar-refractivity contribution < 1.29 is 14.5 Å². The maximum atomic E-state index is 10.9. The van der Waals surface area contributed by atoms with Crippen molar-refractivity contribution in [3.8, 4) is 5.88 Å². The Morgan fingerprint density at radius 1 is 1.56 bits per heavy atom. The number of aromatic amines is 1. The number of hydrogen-bond acceptors (Lipinski definition) is 7. The third-order valence-corrected chi connectivity index (χ3v) is 2.45. The fourth-order valence-corrected chi connectivity index (χ4v) is 1.51. The van der Waals surface area contributed by atoms with Crippen molar-refractivity contribution in [3.63, 3.8) is 0 Å². The highest BCUT2D eigenvalue weighted by atomic mass is 16.6. The summed E-state index contributed by atoms with van der Waals surface area (Å²) < 4.78 is 5.05. The van der Waals surface area contributed by atoms with Gasteiger partial charge in [0, 0.05) is 0 Å². The molecule has 18 heavy (non-hydrogen) atoms. The van der Waals surface area contributed by atoms with Crippen molar-refractivity contribution in [1.29, 1.82) is 0 Å². The molecule has 2 rings (SSSR count). The molecule has 1 atom stereocenters. The number of nitrogens with zero attached hydrogens (tertiary/aromatic N) is 3. The van der Waals surface area contributed by atoms with E-state index in [0.717, 1.165) is 0 Å². The molecule has 2 aromatic rings. The molecule has 0 amide bonds. The molecule has 0 aliphatic carbocycles. The van der Waals surface area contributed by atoms with Gasteiger partial charge in [0.05, 0.1) is 18.2 Å². The van der Waals surface area contributed by atoms with Crippen LogP contribution in [-0.2, 0) is 4.84 Å². The lowest BCUT2D eigenvalue weighted by atomic mass is 10.3. The fourth-order valence-electron chi connectivity index (χ4n) is 1.51. The molecule has 0 spiro atoms. The maximum absolute atomic E-state index is 10.9. The topological polar surface area (TPSA) is 129 Å². The molecule has 9 nitrogen and oxygen atoms in total. The van der Waals surface area contributed by atoms with Gasteiger partial charge in [0.2, 0.25) is 5.88 Å². The molecule has 2 aromatic heterocycles. The van der Waals surface area contributed by atoms with Crippen LogP contribution in [0.4, 0.5) is 5.69 Å². The summed E-state index contributed by atoms with van der Waals surface area (Å²) in [5, 5.41) is 10.9. The third kappa shape index (κ3) is 1.85. The second-order valence-corrected chi connectivity index (χ2v) is 3.52. The van der Waals surface area contributed by atoms with Gasteiger partial charge in [0.15, 0.2) is 11.3 Å². The van der Waals surface area contributed by atoms with Crippen molar-refractivity contribution >= 4 is 16.7 Å². The van der Waals surface area contributed by atoms with E-state index in [4.69, 9.17) is 10.6 Å². The predicted molar refractivity (Wildman–Crippen MR) is 60.8 cm³/mol. The lowest BCUT2D eigenvalue weighted by Gasteiger charge is -2.08. The van der Waals surface area contributed by atoms with Crippen LogP contribution >= 0.6 is 0 Å². The monoisotopic (exact) mass is 253 g/mol. The predicted octanol–water partition coefficient (Wildman–Crippen LogP) is 0.826. The van der Waals surface area contributed by atoms with Gasteiger partial charge < -0.3 is 9.72 Å². The van der Waals surface area contributed by atoms with Crippen LogP contribution < -0.4 is 10.6 Å². The number of methoxy groups -OCH3 is 1. The minimum atomic E-state index is -0.599. The van der Waals surface area contributed by atoms with Crippen LogP contribution in [0.25, 0.3) is 11.0 Å². The van der Waals surface area contributed by atoms with Crippen LogP contribution in [0.3, 0.4) is 0 Å². The van der Waals surface area contributed by atoms with Gasteiger partial charge in [-0.05, 0) is 6.92 Å². The largest absolute Gasteiger partial charge is 0.479 e. The van der Waals surface area contributed by atoms with E-state index in [2.05, 4.69) is 19.8 Å². The maximum Gasteiger partial charge on any atom is 0.313 e. The summed E-state index contributed by atoms with van der Waals surface area (Å²) in [5.41, 5.74) is 0.360.